The molecule has 0 unspecified atom stereocenters. The molecular weight excluding hydrogens is 385 g/mol. The lowest BCUT2D eigenvalue weighted by atomic mass is 10.4. The van der Waals surface area contributed by atoms with Crippen LogP contribution in [0.15, 0.2) is 103 Å². The minimum absolute atomic E-state index is 0.165. The van der Waals surface area contributed by atoms with Crippen molar-refractivity contribution < 1.29 is 4.92 Å². The van der Waals surface area contributed by atoms with Crippen LogP contribution in [0.2, 0.25) is 0 Å². The van der Waals surface area contributed by atoms with Crippen molar-refractivity contribution in [2.45, 2.75) is 0 Å². The van der Waals surface area contributed by atoms with E-state index in [2.05, 4.69) is 78.6 Å². The minimum Gasteiger partial charge on any atom is -0.258 e. The lowest BCUT2D eigenvalue weighted by molar-refractivity contribution is -0.380. The molecule has 28 heavy (non-hydrogen) atoms. The van der Waals surface area contributed by atoms with Crippen LogP contribution in [0.3, 0.4) is 0 Å². The average Bonchev–Trinajstić information content (AvgIpc) is 3.23. The molecule has 0 bridgehead atoms. The Hall–Kier alpha value is -2.94. The second-order valence-corrected chi connectivity index (χ2v) is 10.6. The highest BCUT2D eigenvalue weighted by molar-refractivity contribution is 7.94. The van der Waals surface area contributed by atoms with Crippen LogP contribution in [0.25, 0.3) is 0 Å². The summed E-state index contributed by atoms with van der Waals surface area (Å²) in [6.07, 6.45) is 0. The molecule has 0 aliphatic heterocycles. The molecule has 0 aliphatic rings. The molecule has 1 heterocycles. The Bertz CT molecular complexity index is 1040. The molecule has 3 aromatic carbocycles. The van der Waals surface area contributed by atoms with Gasteiger partial charge in [-0.3, -0.25) is 10.1 Å². The fourth-order valence-electron chi connectivity index (χ4n) is 3.36. The van der Waals surface area contributed by atoms with E-state index < -0.39 is 6.89 Å². The second-order valence-electron chi connectivity index (χ2n) is 6.29. The third-order valence-corrected chi connectivity index (χ3v) is 9.77. The van der Waals surface area contributed by atoms with E-state index in [1.807, 2.05) is 24.3 Å². The fourth-order valence-corrected chi connectivity index (χ4v) is 8.37. The molecular formula is C23H18NO2PS. The summed E-state index contributed by atoms with van der Waals surface area (Å²) in [5.74, 6) is 2.25. The highest BCUT2D eigenvalue weighted by Crippen LogP contribution is 2.45. The van der Waals surface area contributed by atoms with E-state index in [0.29, 0.717) is 0 Å². The van der Waals surface area contributed by atoms with Crippen molar-refractivity contribution >= 4 is 44.9 Å². The van der Waals surface area contributed by atoms with Crippen LogP contribution < -0.4 is 15.9 Å². The Morgan fingerprint density at radius 2 is 1.11 bits per heavy atom. The predicted molar refractivity (Wildman–Crippen MR) is 121 cm³/mol. The van der Waals surface area contributed by atoms with Gasteiger partial charge in [-0.05, 0) is 34.7 Å². The smallest absolute Gasteiger partial charge is 0.258 e. The summed E-state index contributed by atoms with van der Waals surface area (Å²) in [5, 5.41) is 15.0. The van der Waals surface area contributed by atoms with E-state index in [0.717, 1.165) is 4.88 Å². The summed E-state index contributed by atoms with van der Waals surface area (Å²) in [4.78, 5) is 11.8. The molecule has 0 fully saturated rings. The first-order chi connectivity index (χ1) is 13.7. The molecule has 0 amide bonds. The number of hydrogen-bond donors (Lipinski definition) is 0. The average molecular weight is 403 g/mol. The molecule has 4 rings (SSSR count). The Labute approximate surface area is 168 Å². The van der Waals surface area contributed by atoms with Crippen LogP contribution in [-0.4, -0.2) is 10.7 Å². The topological polar surface area (TPSA) is 43.1 Å². The molecule has 1 aromatic heterocycles. The van der Waals surface area contributed by atoms with Crippen LogP contribution in [0.1, 0.15) is 4.88 Å². The Morgan fingerprint density at radius 3 is 1.46 bits per heavy atom. The number of rotatable bonds is 5. The Kier molecular flexibility index (Phi) is 5.25. The van der Waals surface area contributed by atoms with E-state index in [9.17, 15) is 10.1 Å². The summed E-state index contributed by atoms with van der Waals surface area (Å²) in [6, 6.07) is 34.8. The van der Waals surface area contributed by atoms with Crippen LogP contribution in [0.4, 0.5) is 5.00 Å². The van der Waals surface area contributed by atoms with Crippen LogP contribution in [0.5, 0.6) is 0 Å². The maximum absolute atomic E-state index is 11.2. The monoisotopic (exact) mass is 403 g/mol. The molecule has 0 radical (unpaired) electrons. The molecule has 4 aromatic rings. The summed E-state index contributed by atoms with van der Waals surface area (Å²) in [7, 11) is 0. The second kappa shape index (κ2) is 7.97. The van der Waals surface area contributed by atoms with E-state index >= 15 is 0 Å². The van der Waals surface area contributed by atoms with Gasteiger partial charge in [0.15, 0.2) is 0 Å². The van der Waals surface area contributed by atoms with Crippen LogP contribution in [-0.2, 0) is 0 Å². The lowest BCUT2D eigenvalue weighted by Gasteiger charge is -2.28. The maximum atomic E-state index is 11.2. The van der Waals surface area contributed by atoms with E-state index in [4.69, 9.17) is 0 Å². The van der Waals surface area contributed by atoms with Crippen molar-refractivity contribution in [2.75, 3.05) is 0 Å². The standard InChI is InChI=1S/C23H18NO2PS/c25-24(26)23-17-16-22(28-23)18-27(19-10-4-1-5-11-19,20-12-6-2-7-13-20)21-14-8-3-9-15-21/h1-18H. The van der Waals surface area contributed by atoms with Gasteiger partial charge in [0, 0.05) is 10.9 Å². The Morgan fingerprint density at radius 1 is 0.679 bits per heavy atom. The van der Waals surface area contributed by atoms with Gasteiger partial charge < -0.3 is 0 Å². The van der Waals surface area contributed by atoms with Crippen molar-refractivity contribution in [3.8, 4) is 0 Å². The zero-order chi connectivity index (χ0) is 19.4. The number of thiophene rings is 1. The van der Waals surface area contributed by atoms with Gasteiger partial charge in [-0.1, -0.05) is 102 Å². The largest absolute Gasteiger partial charge is 0.324 e. The van der Waals surface area contributed by atoms with Gasteiger partial charge in [0.25, 0.3) is 0 Å². The quantitative estimate of drug-likeness (QED) is 0.273. The van der Waals surface area contributed by atoms with Crippen LogP contribution in [0, 0.1) is 10.1 Å². The molecule has 0 N–H and O–H groups in total. The molecule has 0 atom stereocenters. The zero-order valence-electron chi connectivity index (χ0n) is 15.0. The third-order valence-electron chi connectivity index (χ3n) is 4.60. The molecule has 0 spiro atoms. The van der Waals surface area contributed by atoms with Crippen LogP contribution >= 0.6 is 18.2 Å². The first kappa shape index (κ1) is 18.4. The number of benzene rings is 3. The van der Waals surface area contributed by atoms with Gasteiger partial charge in [-0.15, -0.1) is 0 Å². The summed E-state index contributed by atoms with van der Waals surface area (Å²) in [5.41, 5.74) is 0. The van der Waals surface area contributed by atoms with E-state index in [-0.39, 0.29) is 9.92 Å². The lowest BCUT2D eigenvalue weighted by Crippen LogP contribution is -2.27. The number of nitrogens with zero attached hydrogens (tertiary/aromatic N) is 1. The van der Waals surface area contributed by atoms with Crippen molar-refractivity contribution in [3.05, 3.63) is 118 Å². The van der Waals surface area contributed by atoms with Gasteiger partial charge in [0.1, 0.15) is 0 Å². The first-order valence-corrected chi connectivity index (χ1v) is 11.5. The van der Waals surface area contributed by atoms with Crippen molar-refractivity contribution in [2.24, 2.45) is 0 Å². The highest BCUT2D eigenvalue weighted by Gasteiger charge is 2.25. The molecule has 0 aliphatic carbocycles. The number of hydrogen-bond acceptors (Lipinski definition) is 3. The zero-order valence-corrected chi connectivity index (χ0v) is 16.7. The normalized spacial score (nSPS) is 11.1. The maximum Gasteiger partial charge on any atom is 0.324 e. The molecule has 0 saturated carbocycles. The molecule has 0 saturated heterocycles. The minimum atomic E-state index is -2.13. The Balaban J connectivity index is 2.09. The van der Waals surface area contributed by atoms with Crippen molar-refractivity contribution in [3.63, 3.8) is 0 Å². The molecule has 5 heteroatoms. The van der Waals surface area contributed by atoms with Crippen molar-refractivity contribution in [1.82, 2.24) is 0 Å². The van der Waals surface area contributed by atoms with Gasteiger partial charge in [-0.2, -0.15) is 0 Å². The molecule has 138 valence electrons. The van der Waals surface area contributed by atoms with Gasteiger partial charge in [0.05, 0.1) is 4.92 Å². The summed E-state index contributed by atoms with van der Waals surface area (Å²) >= 11 is 1.22. The summed E-state index contributed by atoms with van der Waals surface area (Å²) in [6.45, 7) is -2.13. The molecule has 3 nitrogen and oxygen atoms in total. The SMILES string of the molecule is O=[N+]([O-])c1ccc(C=P(c2ccccc2)(c2ccccc2)c2ccccc2)s1. The van der Waals surface area contributed by atoms with Gasteiger partial charge in [-0.25, -0.2) is 0 Å². The summed E-state index contributed by atoms with van der Waals surface area (Å²) < 4.78 is 0. The predicted octanol–water partition coefficient (Wildman–Crippen LogP) is 4.80. The van der Waals surface area contributed by atoms with E-state index in [1.54, 1.807) is 6.07 Å². The third kappa shape index (κ3) is 3.45. The van der Waals surface area contributed by atoms with Crippen molar-refractivity contribution in [1.29, 1.82) is 0 Å². The van der Waals surface area contributed by atoms with E-state index in [1.165, 1.54) is 27.3 Å². The first-order valence-electron chi connectivity index (χ1n) is 8.86. The van der Waals surface area contributed by atoms with Gasteiger partial charge >= 0.3 is 5.00 Å². The fraction of sp³-hybridized carbons (Fsp3) is 0. The number of nitro groups is 1. The van der Waals surface area contributed by atoms with Gasteiger partial charge in [0.2, 0.25) is 0 Å². The highest BCUT2D eigenvalue weighted by atomic mass is 32.1.